The Morgan fingerprint density at radius 2 is 1.78 bits per heavy atom. The summed E-state index contributed by atoms with van der Waals surface area (Å²) in [6, 6.07) is 8.06. The SMILES string of the molecule is FC(F)(F)C1=NN=C2C=CC=C(c3ccc(C4CC4)cc3)N2C1. The number of alkyl halides is 3. The number of halogens is 3. The van der Waals surface area contributed by atoms with E-state index < -0.39 is 11.9 Å². The molecule has 118 valence electrons. The molecule has 23 heavy (non-hydrogen) atoms. The van der Waals surface area contributed by atoms with Gasteiger partial charge in [0.05, 0.1) is 12.2 Å². The van der Waals surface area contributed by atoms with E-state index in [0.29, 0.717) is 17.5 Å². The Balaban J connectivity index is 1.64. The van der Waals surface area contributed by atoms with E-state index in [1.165, 1.54) is 18.4 Å². The van der Waals surface area contributed by atoms with E-state index in [9.17, 15) is 13.2 Å². The summed E-state index contributed by atoms with van der Waals surface area (Å²) in [7, 11) is 0. The van der Waals surface area contributed by atoms with Crippen molar-refractivity contribution in [3.05, 3.63) is 53.6 Å². The number of amidine groups is 1. The van der Waals surface area contributed by atoms with Crippen molar-refractivity contribution in [3.8, 4) is 0 Å². The third kappa shape index (κ3) is 2.69. The van der Waals surface area contributed by atoms with Gasteiger partial charge in [0, 0.05) is 0 Å². The first-order chi connectivity index (χ1) is 11.0. The molecule has 0 spiro atoms. The van der Waals surface area contributed by atoms with Crippen LogP contribution in [0.2, 0.25) is 0 Å². The van der Waals surface area contributed by atoms with Crippen LogP contribution in [0.5, 0.6) is 0 Å². The van der Waals surface area contributed by atoms with Crippen molar-refractivity contribution in [1.29, 1.82) is 0 Å². The van der Waals surface area contributed by atoms with Gasteiger partial charge in [-0.25, -0.2) is 0 Å². The van der Waals surface area contributed by atoms with Gasteiger partial charge < -0.3 is 4.90 Å². The average Bonchev–Trinajstić information content (AvgIpc) is 3.38. The molecule has 0 radical (unpaired) electrons. The van der Waals surface area contributed by atoms with Gasteiger partial charge in [-0.2, -0.15) is 13.2 Å². The molecular formula is C17H14F3N3. The first kappa shape index (κ1) is 14.2. The Morgan fingerprint density at radius 1 is 1.04 bits per heavy atom. The van der Waals surface area contributed by atoms with E-state index in [-0.39, 0.29) is 6.54 Å². The Labute approximate surface area is 131 Å². The molecule has 2 heterocycles. The molecule has 6 heteroatoms. The number of fused-ring (bicyclic) bond motifs is 1. The van der Waals surface area contributed by atoms with Crippen molar-refractivity contribution in [2.45, 2.75) is 24.9 Å². The van der Waals surface area contributed by atoms with Crippen molar-refractivity contribution in [2.24, 2.45) is 10.2 Å². The minimum absolute atomic E-state index is 0.317. The monoisotopic (exact) mass is 317 g/mol. The summed E-state index contributed by atoms with van der Waals surface area (Å²) >= 11 is 0. The summed E-state index contributed by atoms with van der Waals surface area (Å²) in [6.45, 7) is -0.317. The molecule has 0 saturated heterocycles. The van der Waals surface area contributed by atoms with Gasteiger partial charge in [-0.1, -0.05) is 30.3 Å². The van der Waals surface area contributed by atoms with E-state index in [1.807, 2.05) is 18.2 Å². The Morgan fingerprint density at radius 3 is 2.43 bits per heavy atom. The molecule has 0 aromatic heterocycles. The van der Waals surface area contributed by atoms with Crippen LogP contribution in [0.15, 0.2) is 52.7 Å². The fourth-order valence-electron chi connectivity index (χ4n) is 2.82. The normalized spacial score (nSPS) is 20.7. The predicted molar refractivity (Wildman–Crippen MR) is 83.2 cm³/mol. The lowest BCUT2D eigenvalue weighted by molar-refractivity contribution is -0.0609. The third-order valence-electron chi connectivity index (χ3n) is 4.23. The van der Waals surface area contributed by atoms with Gasteiger partial charge in [-0.15, -0.1) is 10.2 Å². The summed E-state index contributed by atoms with van der Waals surface area (Å²) in [5.41, 5.74) is 2.02. The van der Waals surface area contributed by atoms with Gasteiger partial charge in [0.1, 0.15) is 0 Å². The maximum atomic E-state index is 12.9. The summed E-state index contributed by atoms with van der Waals surface area (Å²) < 4.78 is 38.7. The minimum atomic E-state index is -4.46. The van der Waals surface area contributed by atoms with Crippen LogP contribution in [-0.2, 0) is 0 Å². The van der Waals surface area contributed by atoms with Gasteiger partial charge in [0.2, 0.25) is 0 Å². The highest BCUT2D eigenvalue weighted by Gasteiger charge is 2.40. The fourth-order valence-corrected chi connectivity index (χ4v) is 2.82. The molecule has 0 amide bonds. The van der Waals surface area contributed by atoms with Gasteiger partial charge in [0.25, 0.3) is 0 Å². The van der Waals surface area contributed by atoms with Crippen molar-refractivity contribution in [2.75, 3.05) is 6.54 Å². The second-order valence-electron chi connectivity index (χ2n) is 5.90. The van der Waals surface area contributed by atoms with E-state index in [1.54, 1.807) is 17.1 Å². The van der Waals surface area contributed by atoms with Crippen molar-refractivity contribution in [1.82, 2.24) is 4.90 Å². The average molecular weight is 317 g/mol. The molecule has 3 nitrogen and oxygen atoms in total. The summed E-state index contributed by atoms with van der Waals surface area (Å²) in [4.78, 5) is 1.56. The summed E-state index contributed by atoms with van der Waals surface area (Å²) in [6.07, 6.45) is 3.24. The van der Waals surface area contributed by atoms with Crippen LogP contribution in [-0.4, -0.2) is 29.2 Å². The quantitative estimate of drug-likeness (QED) is 0.807. The van der Waals surface area contributed by atoms with Crippen molar-refractivity contribution < 1.29 is 13.2 Å². The number of nitrogens with zero attached hydrogens (tertiary/aromatic N) is 3. The molecule has 1 aromatic rings. The number of rotatable bonds is 2. The van der Waals surface area contributed by atoms with Crippen LogP contribution < -0.4 is 0 Å². The first-order valence-corrected chi connectivity index (χ1v) is 7.50. The molecule has 1 aromatic carbocycles. The van der Waals surface area contributed by atoms with E-state index in [4.69, 9.17) is 0 Å². The van der Waals surface area contributed by atoms with Crippen LogP contribution in [0.3, 0.4) is 0 Å². The number of hydrogen-bond acceptors (Lipinski definition) is 3. The zero-order chi connectivity index (χ0) is 16.0. The highest BCUT2D eigenvalue weighted by molar-refractivity contribution is 6.07. The van der Waals surface area contributed by atoms with Crippen LogP contribution >= 0.6 is 0 Å². The highest BCUT2D eigenvalue weighted by Crippen LogP contribution is 2.40. The Bertz CT molecular complexity index is 750. The van der Waals surface area contributed by atoms with E-state index in [2.05, 4.69) is 22.3 Å². The zero-order valence-corrected chi connectivity index (χ0v) is 12.2. The lowest BCUT2D eigenvalue weighted by atomic mass is 10.0. The summed E-state index contributed by atoms with van der Waals surface area (Å²) in [5, 5.41) is 7.03. The lowest BCUT2D eigenvalue weighted by Gasteiger charge is -2.31. The third-order valence-corrected chi connectivity index (χ3v) is 4.23. The van der Waals surface area contributed by atoms with Gasteiger partial charge >= 0.3 is 6.18 Å². The topological polar surface area (TPSA) is 28.0 Å². The largest absolute Gasteiger partial charge is 0.433 e. The minimum Gasteiger partial charge on any atom is -0.318 e. The van der Waals surface area contributed by atoms with Crippen LogP contribution in [0.4, 0.5) is 13.2 Å². The molecule has 2 aliphatic heterocycles. The molecule has 0 atom stereocenters. The highest BCUT2D eigenvalue weighted by atomic mass is 19.4. The summed E-state index contributed by atoms with van der Waals surface area (Å²) in [5.74, 6) is 1.09. The molecule has 0 N–H and O–H groups in total. The maximum absolute atomic E-state index is 12.9. The van der Waals surface area contributed by atoms with Gasteiger partial charge in [-0.05, 0) is 42.0 Å². The second-order valence-corrected chi connectivity index (χ2v) is 5.90. The maximum Gasteiger partial charge on any atom is 0.433 e. The lowest BCUT2D eigenvalue weighted by Crippen LogP contribution is -2.42. The van der Waals surface area contributed by atoms with Crippen LogP contribution in [0.1, 0.15) is 29.9 Å². The molecule has 0 unspecified atom stereocenters. The Kier molecular flexibility index (Phi) is 3.14. The number of allylic oxidation sites excluding steroid dienone is 2. The zero-order valence-electron chi connectivity index (χ0n) is 12.2. The van der Waals surface area contributed by atoms with Crippen LogP contribution in [0.25, 0.3) is 5.70 Å². The molecule has 1 fully saturated rings. The van der Waals surface area contributed by atoms with Crippen LogP contribution in [0, 0.1) is 0 Å². The molecule has 4 rings (SSSR count). The van der Waals surface area contributed by atoms with Gasteiger partial charge in [-0.3, -0.25) is 0 Å². The molecule has 3 aliphatic rings. The fraction of sp³-hybridized carbons (Fsp3) is 0.294. The van der Waals surface area contributed by atoms with Crippen molar-refractivity contribution in [3.63, 3.8) is 0 Å². The first-order valence-electron chi connectivity index (χ1n) is 7.50. The second kappa shape index (κ2) is 5.08. The Hall–Kier alpha value is -2.37. The van der Waals surface area contributed by atoms with E-state index >= 15 is 0 Å². The molecule has 1 aliphatic carbocycles. The number of benzene rings is 1. The number of hydrogen-bond donors (Lipinski definition) is 0. The van der Waals surface area contributed by atoms with E-state index in [0.717, 1.165) is 5.56 Å². The molecule has 0 bridgehead atoms. The van der Waals surface area contributed by atoms with Gasteiger partial charge in [0.15, 0.2) is 11.5 Å². The predicted octanol–water partition coefficient (Wildman–Crippen LogP) is 4.11. The molecule has 1 saturated carbocycles. The molecular weight excluding hydrogens is 303 g/mol. The van der Waals surface area contributed by atoms with Crippen molar-refractivity contribution >= 4 is 17.2 Å². The standard InChI is InChI=1S/C17H14F3N3/c18-17(19,20)15-10-23-14(2-1-3-16(23)22-21-15)13-8-6-12(7-9-13)11-4-5-11/h1-3,6-9,11H,4-5,10H2. The smallest absolute Gasteiger partial charge is 0.318 e.